The first-order chi connectivity index (χ1) is 15.6. The lowest BCUT2D eigenvalue weighted by molar-refractivity contribution is -0.128. The number of aryl methyl sites for hydroxylation is 1. The van der Waals surface area contributed by atoms with E-state index in [2.05, 4.69) is 77.5 Å². The molecule has 2 aromatic carbocycles. The van der Waals surface area contributed by atoms with Crippen molar-refractivity contribution in [3.8, 4) is 0 Å². The number of carbonyl (C=O) groups is 1. The van der Waals surface area contributed by atoms with Gasteiger partial charge in [0.15, 0.2) is 5.96 Å². The Morgan fingerprint density at radius 2 is 1.78 bits per heavy atom. The molecule has 1 N–H and O–H groups in total. The van der Waals surface area contributed by atoms with Crippen molar-refractivity contribution in [3.63, 3.8) is 0 Å². The summed E-state index contributed by atoms with van der Waals surface area (Å²) in [5.41, 5.74) is 4.98. The molecule has 0 saturated carbocycles. The van der Waals surface area contributed by atoms with E-state index in [1.807, 2.05) is 4.90 Å². The van der Waals surface area contributed by atoms with E-state index in [1.165, 1.54) is 22.4 Å². The zero-order valence-corrected chi connectivity index (χ0v) is 19.4. The van der Waals surface area contributed by atoms with E-state index in [-0.39, 0.29) is 5.91 Å². The number of hydrogen-bond acceptors (Lipinski definition) is 3. The summed E-state index contributed by atoms with van der Waals surface area (Å²) in [6, 6.07) is 17.2. The normalized spacial score (nSPS) is 17.2. The highest BCUT2D eigenvalue weighted by Gasteiger charge is 2.21. The molecule has 2 aromatic rings. The molecule has 170 valence electrons. The summed E-state index contributed by atoms with van der Waals surface area (Å²) >= 11 is 0. The van der Waals surface area contributed by atoms with Crippen LogP contribution in [0.25, 0.3) is 0 Å². The van der Waals surface area contributed by atoms with Gasteiger partial charge in [-0.3, -0.25) is 4.79 Å². The standard InChI is InChI=1S/C26H35N5O/c1-3-27-26(30-15-13-29(14-16-30)24-10-4-7-21(2)17-24)28-19-22-8-5-9-23(18-22)20-31-12-6-11-25(31)32/h4-5,7-10,17-18H,3,6,11-16,19-20H2,1-2H3,(H,27,28). The minimum atomic E-state index is 0.271. The number of benzene rings is 2. The van der Waals surface area contributed by atoms with Gasteiger partial charge in [0.25, 0.3) is 0 Å². The van der Waals surface area contributed by atoms with Crippen LogP contribution in [0.4, 0.5) is 5.69 Å². The van der Waals surface area contributed by atoms with Gasteiger partial charge in [-0.05, 0) is 49.1 Å². The van der Waals surface area contributed by atoms with Crippen LogP contribution >= 0.6 is 0 Å². The Hall–Kier alpha value is -3.02. The quantitative estimate of drug-likeness (QED) is 0.560. The molecule has 2 fully saturated rings. The molecule has 2 saturated heterocycles. The zero-order valence-electron chi connectivity index (χ0n) is 19.4. The van der Waals surface area contributed by atoms with Crippen molar-refractivity contribution in [1.29, 1.82) is 0 Å². The Bertz CT molecular complexity index is 949. The summed E-state index contributed by atoms with van der Waals surface area (Å²) in [7, 11) is 0. The van der Waals surface area contributed by atoms with E-state index in [1.54, 1.807) is 0 Å². The summed E-state index contributed by atoms with van der Waals surface area (Å²) < 4.78 is 0. The number of rotatable bonds is 6. The van der Waals surface area contributed by atoms with E-state index in [9.17, 15) is 4.79 Å². The van der Waals surface area contributed by atoms with Gasteiger partial charge in [-0.15, -0.1) is 0 Å². The van der Waals surface area contributed by atoms with Crippen molar-refractivity contribution in [2.75, 3.05) is 44.2 Å². The van der Waals surface area contributed by atoms with Gasteiger partial charge in [-0.25, -0.2) is 4.99 Å². The molecule has 6 heteroatoms. The first kappa shape index (κ1) is 22.2. The van der Waals surface area contributed by atoms with Crippen LogP contribution < -0.4 is 10.2 Å². The van der Waals surface area contributed by atoms with Crippen molar-refractivity contribution in [1.82, 2.24) is 15.1 Å². The maximum atomic E-state index is 11.9. The lowest BCUT2D eigenvalue weighted by Gasteiger charge is -2.37. The Morgan fingerprint density at radius 3 is 2.50 bits per heavy atom. The first-order valence-electron chi connectivity index (χ1n) is 11.8. The Balaban J connectivity index is 1.37. The molecule has 0 aliphatic carbocycles. The molecule has 0 atom stereocenters. The van der Waals surface area contributed by atoms with Crippen LogP contribution in [0.5, 0.6) is 0 Å². The van der Waals surface area contributed by atoms with Crippen molar-refractivity contribution in [2.45, 2.75) is 39.8 Å². The van der Waals surface area contributed by atoms with Gasteiger partial charge in [-0.1, -0.05) is 36.4 Å². The topological polar surface area (TPSA) is 51.2 Å². The van der Waals surface area contributed by atoms with E-state index in [0.29, 0.717) is 19.5 Å². The molecular weight excluding hydrogens is 398 g/mol. The van der Waals surface area contributed by atoms with Crippen LogP contribution in [0.15, 0.2) is 53.5 Å². The predicted molar refractivity (Wildman–Crippen MR) is 131 cm³/mol. The lowest BCUT2D eigenvalue weighted by atomic mass is 10.1. The Labute approximate surface area is 191 Å². The number of carbonyl (C=O) groups excluding carboxylic acids is 1. The number of likely N-dealkylation sites (tertiary alicyclic amines) is 1. The minimum absolute atomic E-state index is 0.271. The number of amides is 1. The second-order valence-corrected chi connectivity index (χ2v) is 8.72. The Morgan fingerprint density at radius 1 is 1.00 bits per heavy atom. The molecule has 2 aliphatic rings. The largest absolute Gasteiger partial charge is 0.368 e. The Kier molecular flexibility index (Phi) is 7.30. The van der Waals surface area contributed by atoms with Gasteiger partial charge in [0.1, 0.15) is 0 Å². The molecule has 0 spiro atoms. The fraction of sp³-hybridized carbons (Fsp3) is 0.462. The number of hydrogen-bond donors (Lipinski definition) is 1. The molecule has 6 nitrogen and oxygen atoms in total. The van der Waals surface area contributed by atoms with E-state index < -0.39 is 0 Å². The van der Waals surface area contributed by atoms with Gasteiger partial charge in [0, 0.05) is 57.9 Å². The fourth-order valence-corrected chi connectivity index (χ4v) is 4.51. The molecule has 0 bridgehead atoms. The summed E-state index contributed by atoms with van der Waals surface area (Å²) in [6.45, 7) is 11.2. The smallest absolute Gasteiger partial charge is 0.222 e. The minimum Gasteiger partial charge on any atom is -0.368 e. The third-order valence-corrected chi connectivity index (χ3v) is 6.23. The zero-order chi connectivity index (χ0) is 22.3. The maximum absolute atomic E-state index is 11.9. The monoisotopic (exact) mass is 433 g/mol. The fourth-order valence-electron chi connectivity index (χ4n) is 4.51. The van der Waals surface area contributed by atoms with E-state index in [0.717, 1.165) is 51.6 Å². The maximum Gasteiger partial charge on any atom is 0.222 e. The average molecular weight is 434 g/mol. The van der Waals surface area contributed by atoms with Crippen LogP contribution in [-0.2, 0) is 17.9 Å². The van der Waals surface area contributed by atoms with Crippen LogP contribution in [0.3, 0.4) is 0 Å². The highest BCUT2D eigenvalue weighted by atomic mass is 16.2. The third-order valence-electron chi connectivity index (χ3n) is 6.23. The summed E-state index contributed by atoms with van der Waals surface area (Å²) in [6.07, 6.45) is 1.67. The number of nitrogens with one attached hydrogen (secondary N) is 1. The first-order valence-corrected chi connectivity index (χ1v) is 11.8. The molecule has 32 heavy (non-hydrogen) atoms. The second kappa shape index (κ2) is 10.5. The molecule has 2 heterocycles. The number of guanidine groups is 1. The van der Waals surface area contributed by atoms with Gasteiger partial charge in [0.05, 0.1) is 6.54 Å². The van der Waals surface area contributed by atoms with Crippen molar-refractivity contribution in [2.24, 2.45) is 4.99 Å². The average Bonchev–Trinajstić information content (AvgIpc) is 3.21. The molecule has 0 aromatic heterocycles. The number of aliphatic imine (C=N–C) groups is 1. The lowest BCUT2D eigenvalue weighted by Crippen LogP contribution is -2.52. The SMILES string of the molecule is CCNC(=NCc1cccc(CN2CCCC2=O)c1)N1CCN(c2cccc(C)c2)CC1. The van der Waals surface area contributed by atoms with Crippen LogP contribution in [0.1, 0.15) is 36.5 Å². The highest BCUT2D eigenvalue weighted by Crippen LogP contribution is 2.18. The van der Waals surface area contributed by atoms with Gasteiger partial charge >= 0.3 is 0 Å². The van der Waals surface area contributed by atoms with Crippen LogP contribution in [0, 0.1) is 6.92 Å². The van der Waals surface area contributed by atoms with E-state index >= 15 is 0 Å². The molecule has 2 aliphatic heterocycles. The third kappa shape index (κ3) is 5.61. The van der Waals surface area contributed by atoms with Crippen molar-refractivity contribution in [3.05, 3.63) is 65.2 Å². The summed E-state index contributed by atoms with van der Waals surface area (Å²) in [5, 5.41) is 3.47. The molecular formula is C26H35N5O. The summed E-state index contributed by atoms with van der Waals surface area (Å²) in [5.74, 6) is 1.25. The number of piperazine rings is 1. The van der Waals surface area contributed by atoms with Gasteiger partial charge in [-0.2, -0.15) is 0 Å². The second-order valence-electron chi connectivity index (χ2n) is 8.72. The van der Waals surface area contributed by atoms with Crippen LogP contribution in [-0.4, -0.2) is 60.9 Å². The van der Waals surface area contributed by atoms with Gasteiger partial charge < -0.3 is 20.0 Å². The number of anilines is 1. The van der Waals surface area contributed by atoms with E-state index in [4.69, 9.17) is 4.99 Å². The van der Waals surface area contributed by atoms with Crippen LogP contribution in [0.2, 0.25) is 0 Å². The van der Waals surface area contributed by atoms with Gasteiger partial charge in [0.2, 0.25) is 5.91 Å². The molecule has 0 unspecified atom stereocenters. The molecule has 0 radical (unpaired) electrons. The van der Waals surface area contributed by atoms with Crippen molar-refractivity contribution < 1.29 is 4.79 Å². The predicted octanol–water partition coefficient (Wildman–Crippen LogP) is 3.41. The summed E-state index contributed by atoms with van der Waals surface area (Å²) in [4.78, 5) is 23.7. The highest BCUT2D eigenvalue weighted by molar-refractivity contribution is 5.80. The van der Waals surface area contributed by atoms with Crippen molar-refractivity contribution >= 4 is 17.6 Å². The number of nitrogens with zero attached hydrogens (tertiary/aromatic N) is 4. The molecule has 4 rings (SSSR count). The molecule has 1 amide bonds.